The highest BCUT2D eigenvalue weighted by molar-refractivity contribution is 7.91. The van der Waals surface area contributed by atoms with E-state index in [-0.39, 0.29) is 22.8 Å². The molecule has 0 N–H and O–H groups in total. The van der Waals surface area contributed by atoms with Crippen LogP contribution in [0, 0.1) is 5.92 Å². The van der Waals surface area contributed by atoms with E-state index < -0.39 is 9.84 Å². The van der Waals surface area contributed by atoms with Gasteiger partial charge in [-0.05, 0) is 29.9 Å². The van der Waals surface area contributed by atoms with Crippen LogP contribution in [0.4, 0.5) is 0 Å². The molecule has 1 aliphatic rings. The van der Waals surface area contributed by atoms with Crippen molar-refractivity contribution in [3.63, 3.8) is 0 Å². The van der Waals surface area contributed by atoms with E-state index in [0.717, 1.165) is 12.0 Å². The first-order chi connectivity index (χ1) is 8.02. The SMILES string of the molecule is CCc1ccc(C(Cl)C2CCS(=O)(=O)C2)cc1. The summed E-state index contributed by atoms with van der Waals surface area (Å²) in [6.07, 6.45) is 1.69. The lowest BCUT2D eigenvalue weighted by Gasteiger charge is -2.16. The largest absolute Gasteiger partial charge is 0.229 e. The van der Waals surface area contributed by atoms with Gasteiger partial charge in [0.1, 0.15) is 0 Å². The molecule has 0 amide bonds. The highest BCUT2D eigenvalue weighted by Crippen LogP contribution is 2.36. The standard InChI is InChI=1S/C13H17ClO2S/c1-2-10-3-5-11(6-4-10)13(14)12-7-8-17(15,16)9-12/h3-6,12-13H,2,7-9H2,1H3. The van der Waals surface area contributed by atoms with Crippen LogP contribution in [0.15, 0.2) is 24.3 Å². The van der Waals surface area contributed by atoms with Crippen molar-refractivity contribution in [1.29, 1.82) is 0 Å². The normalized spacial score (nSPS) is 24.7. The number of halogens is 1. The zero-order valence-electron chi connectivity index (χ0n) is 9.90. The molecule has 0 bridgehead atoms. The maximum Gasteiger partial charge on any atom is 0.150 e. The molecule has 17 heavy (non-hydrogen) atoms. The Balaban J connectivity index is 2.11. The first-order valence-electron chi connectivity index (χ1n) is 5.95. The van der Waals surface area contributed by atoms with Crippen LogP contribution in [-0.2, 0) is 16.3 Å². The van der Waals surface area contributed by atoms with Crippen LogP contribution in [0.25, 0.3) is 0 Å². The van der Waals surface area contributed by atoms with Crippen LogP contribution >= 0.6 is 11.6 Å². The molecule has 0 aromatic heterocycles. The fourth-order valence-corrected chi connectivity index (χ4v) is 4.57. The van der Waals surface area contributed by atoms with Crippen molar-refractivity contribution in [3.05, 3.63) is 35.4 Å². The van der Waals surface area contributed by atoms with E-state index >= 15 is 0 Å². The quantitative estimate of drug-likeness (QED) is 0.793. The first kappa shape index (κ1) is 12.9. The highest BCUT2D eigenvalue weighted by Gasteiger charge is 2.33. The third-order valence-electron chi connectivity index (χ3n) is 3.39. The second-order valence-electron chi connectivity index (χ2n) is 4.66. The molecule has 0 aliphatic carbocycles. The molecule has 2 unspecified atom stereocenters. The third kappa shape index (κ3) is 3.02. The Morgan fingerprint density at radius 3 is 2.47 bits per heavy atom. The molecule has 2 rings (SSSR count). The van der Waals surface area contributed by atoms with Gasteiger partial charge < -0.3 is 0 Å². The average Bonchev–Trinajstić information content (AvgIpc) is 2.69. The fourth-order valence-electron chi connectivity index (χ4n) is 2.26. The fraction of sp³-hybridized carbons (Fsp3) is 0.538. The van der Waals surface area contributed by atoms with E-state index in [2.05, 4.69) is 19.1 Å². The Kier molecular flexibility index (Phi) is 3.79. The lowest BCUT2D eigenvalue weighted by Crippen LogP contribution is -2.10. The molecule has 94 valence electrons. The molecule has 0 saturated carbocycles. The summed E-state index contributed by atoms with van der Waals surface area (Å²) < 4.78 is 22.8. The number of alkyl halides is 1. The van der Waals surface area contributed by atoms with Gasteiger partial charge in [-0.25, -0.2) is 8.42 Å². The molecular weight excluding hydrogens is 256 g/mol. The van der Waals surface area contributed by atoms with Gasteiger partial charge in [0.05, 0.1) is 16.9 Å². The summed E-state index contributed by atoms with van der Waals surface area (Å²) >= 11 is 6.37. The maximum absolute atomic E-state index is 11.4. The van der Waals surface area contributed by atoms with Crippen LogP contribution < -0.4 is 0 Å². The van der Waals surface area contributed by atoms with Gasteiger partial charge in [0, 0.05) is 0 Å². The Morgan fingerprint density at radius 1 is 1.35 bits per heavy atom. The van der Waals surface area contributed by atoms with Gasteiger partial charge in [0.2, 0.25) is 0 Å². The topological polar surface area (TPSA) is 34.1 Å². The van der Waals surface area contributed by atoms with Gasteiger partial charge in [0.15, 0.2) is 9.84 Å². The molecule has 4 heteroatoms. The van der Waals surface area contributed by atoms with Gasteiger partial charge >= 0.3 is 0 Å². The summed E-state index contributed by atoms with van der Waals surface area (Å²) in [4.78, 5) is 0. The van der Waals surface area contributed by atoms with Crippen LogP contribution in [0.3, 0.4) is 0 Å². The monoisotopic (exact) mass is 272 g/mol. The number of hydrogen-bond acceptors (Lipinski definition) is 2. The Hall–Kier alpha value is -0.540. The van der Waals surface area contributed by atoms with E-state index in [0.29, 0.717) is 6.42 Å². The number of rotatable bonds is 3. The zero-order chi connectivity index (χ0) is 12.5. The van der Waals surface area contributed by atoms with E-state index in [1.807, 2.05) is 12.1 Å². The summed E-state index contributed by atoms with van der Waals surface area (Å²) in [5, 5.41) is -0.182. The number of sulfone groups is 1. The molecule has 1 fully saturated rings. The van der Waals surface area contributed by atoms with Gasteiger partial charge in [-0.1, -0.05) is 31.2 Å². The molecule has 1 saturated heterocycles. The second kappa shape index (κ2) is 4.99. The summed E-state index contributed by atoms with van der Waals surface area (Å²) in [5.74, 6) is 0.582. The van der Waals surface area contributed by atoms with E-state index in [1.54, 1.807) is 0 Å². The summed E-state index contributed by atoms with van der Waals surface area (Å²) in [5.41, 5.74) is 2.31. The molecular formula is C13H17ClO2S. The Labute approximate surface area is 108 Å². The molecule has 0 radical (unpaired) electrons. The minimum absolute atomic E-state index is 0.0640. The van der Waals surface area contributed by atoms with Crippen molar-refractivity contribution >= 4 is 21.4 Å². The van der Waals surface area contributed by atoms with Crippen molar-refractivity contribution in [2.24, 2.45) is 5.92 Å². The number of hydrogen-bond donors (Lipinski definition) is 0. The number of aryl methyl sites for hydroxylation is 1. The first-order valence-corrected chi connectivity index (χ1v) is 8.21. The molecule has 2 atom stereocenters. The van der Waals surface area contributed by atoms with Gasteiger partial charge in [-0.3, -0.25) is 0 Å². The smallest absolute Gasteiger partial charge is 0.150 e. The summed E-state index contributed by atoms with van der Waals surface area (Å²) in [7, 11) is -2.85. The van der Waals surface area contributed by atoms with Crippen molar-refractivity contribution in [3.8, 4) is 0 Å². The van der Waals surface area contributed by atoms with Crippen molar-refractivity contribution in [1.82, 2.24) is 0 Å². The van der Waals surface area contributed by atoms with Gasteiger partial charge in [-0.15, -0.1) is 11.6 Å². The van der Waals surface area contributed by atoms with Crippen molar-refractivity contribution in [2.75, 3.05) is 11.5 Å². The van der Waals surface area contributed by atoms with Crippen LogP contribution in [0.5, 0.6) is 0 Å². The predicted molar refractivity (Wildman–Crippen MR) is 71.2 cm³/mol. The van der Waals surface area contributed by atoms with Crippen LogP contribution in [0.2, 0.25) is 0 Å². The van der Waals surface area contributed by atoms with Crippen LogP contribution in [-0.4, -0.2) is 19.9 Å². The lowest BCUT2D eigenvalue weighted by atomic mass is 9.97. The highest BCUT2D eigenvalue weighted by atomic mass is 35.5. The summed E-state index contributed by atoms with van der Waals surface area (Å²) in [6.45, 7) is 2.11. The van der Waals surface area contributed by atoms with E-state index in [9.17, 15) is 8.42 Å². The second-order valence-corrected chi connectivity index (χ2v) is 7.36. The van der Waals surface area contributed by atoms with Crippen molar-refractivity contribution in [2.45, 2.75) is 25.1 Å². The molecule has 1 aromatic carbocycles. The van der Waals surface area contributed by atoms with Crippen LogP contribution in [0.1, 0.15) is 29.8 Å². The summed E-state index contributed by atoms with van der Waals surface area (Å²) in [6, 6.07) is 8.16. The van der Waals surface area contributed by atoms with E-state index in [1.165, 1.54) is 5.56 Å². The zero-order valence-corrected chi connectivity index (χ0v) is 11.5. The lowest BCUT2D eigenvalue weighted by molar-refractivity contribution is 0.569. The van der Waals surface area contributed by atoms with Crippen molar-refractivity contribution < 1.29 is 8.42 Å². The molecule has 1 aliphatic heterocycles. The Bertz CT molecular complexity index is 479. The Morgan fingerprint density at radius 2 is 2.00 bits per heavy atom. The maximum atomic E-state index is 11.4. The van der Waals surface area contributed by atoms with Gasteiger partial charge in [0.25, 0.3) is 0 Å². The van der Waals surface area contributed by atoms with E-state index in [4.69, 9.17) is 11.6 Å². The third-order valence-corrected chi connectivity index (χ3v) is 5.79. The molecule has 1 aromatic rings. The minimum atomic E-state index is -2.85. The molecule has 1 heterocycles. The molecule has 2 nitrogen and oxygen atoms in total. The molecule has 0 spiro atoms. The van der Waals surface area contributed by atoms with Gasteiger partial charge in [-0.2, -0.15) is 0 Å². The number of benzene rings is 1. The minimum Gasteiger partial charge on any atom is -0.229 e. The average molecular weight is 273 g/mol. The predicted octanol–water partition coefficient (Wildman–Crippen LogP) is 2.96.